The van der Waals surface area contributed by atoms with Gasteiger partial charge in [0.15, 0.2) is 0 Å². The van der Waals surface area contributed by atoms with Crippen LogP contribution in [0.1, 0.15) is 71.3 Å². The van der Waals surface area contributed by atoms with Crippen molar-refractivity contribution in [3.05, 3.63) is 35.9 Å². The van der Waals surface area contributed by atoms with Crippen molar-refractivity contribution < 1.29 is 0 Å². The van der Waals surface area contributed by atoms with E-state index in [0.717, 1.165) is 6.42 Å². The monoisotopic (exact) mass is 273 g/mol. The molecule has 1 saturated carbocycles. The van der Waals surface area contributed by atoms with Crippen LogP contribution in [0.15, 0.2) is 30.3 Å². The zero-order chi connectivity index (χ0) is 14.6. The minimum atomic E-state index is 0.227. The summed E-state index contributed by atoms with van der Waals surface area (Å²) in [5.41, 5.74) is 8.80. The van der Waals surface area contributed by atoms with E-state index in [0.29, 0.717) is 11.5 Å². The molecule has 0 aliphatic heterocycles. The van der Waals surface area contributed by atoms with Crippen LogP contribution in [0, 0.1) is 5.41 Å². The maximum Gasteiger partial charge on any atom is 0.0136 e. The molecule has 1 nitrogen and oxygen atoms in total. The molecule has 0 radical (unpaired) electrons. The third-order valence-corrected chi connectivity index (χ3v) is 5.01. The summed E-state index contributed by atoms with van der Waals surface area (Å²) in [5, 5.41) is 0. The lowest BCUT2D eigenvalue weighted by Crippen LogP contribution is -2.47. The Morgan fingerprint density at radius 2 is 1.65 bits per heavy atom. The maximum atomic E-state index is 6.72. The molecule has 112 valence electrons. The highest BCUT2D eigenvalue weighted by Gasteiger charge is 2.39. The minimum absolute atomic E-state index is 0.227. The summed E-state index contributed by atoms with van der Waals surface area (Å²) in [4.78, 5) is 0. The van der Waals surface area contributed by atoms with Crippen LogP contribution in [0.25, 0.3) is 0 Å². The Morgan fingerprint density at radius 3 is 2.20 bits per heavy atom. The molecule has 2 N–H and O–H groups in total. The van der Waals surface area contributed by atoms with E-state index in [1.54, 1.807) is 0 Å². The van der Waals surface area contributed by atoms with Crippen molar-refractivity contribution in [2.75, 3.05) is 0 Å². The van der Waals surface area contributed by atoms with Gasteiger partial charge >= 0.3 is 0 Å². The van der Waals surface area contributed by atoms with Gasteiger partial charge in [-0.15, -0.1) is 0 Å². The summed E-state index contributed by atoms with van der Waals surface area (Å²) >= 11 is 0. The SMILES string of the molecule is CC(C)(C)CCC(N)C1(c2ccccc2)CCCCC1. The fourth-order valence-corrected chi connectivity index (χ4v) is 3.69. The Balaban J connectivity index is 2.19. The molecule has 20 heavy (non-hydrogen) atoms. The van der Waals surface area contributed by atoms with Gasteiger partial charge in [0.25, 0.3) is 0 Å². The van der Waals surface area contributed by atoms with Crippen molar-refractivity contribution in [2.45, 2.75) is 77.2 Å². The Bertz CT molecular complexity index is 396. The van der Waals surface area contributed by atoms with Crippen molar-refractivity contribution in [3.63, 3.8) is 0 Å². The zero-order valence-electron chi connectivity index (χ0n) is 13.5. The first kappa shape index (κ1) is 15.6. The first-order valence-electron chi connectivity index (χ1n) is 8.25. The van der Waals surface area contributed by atoms with Crippen LogP contribution in [0.5, 0.6) is 0 Å². The van der Waals surface area contributed by atoms with E-state index in [1.165, 1.54) is 44.1 Å². The maximum absolute atomic E-state index is 6.72. The number of nitrogens with two attached hydrogens (primary N) is 1. The molecule has 1 aliphatic carbocycles. The van der Waals surface area contributed by atoms with Crippen molar-refractivity contribution in [1.29, 1.82) is 0 Å². The van der Waals surface area contributed by atoms with Gasteiger partial charge in [-0.3, -0.25) is 0 Å². The molecule has 0 heterocycles. The van der Waals surface area contributed by atoms with Gasteiger partial charge in [0.1, 0.15) is 0 Å². The molecule has 1 heteroatoms. The second-order valence-corrected chi connectivity index (χ2v) is 7.79. The fourth-order valence-electron chi connectivity index (χ4n) is 3.69. The van der Waals surface area contributed by atoms with Gasteiger partial charge < -0.3 is 5.73 Å². The van der Waals surface area contributed by atoms with E-state index in [-0.39, 0.29) is 5.41 Å². The van der Waals surface area contributed by atoms with Gasteiger partial charge in [0, 0.05) is 11.5 Å². The Morgan fingerprint density at radius 1 is 1.05 bits per heavy atom. The van der Waals surface area contributed by atoms with Gasteiger partial charge in [0.2, 0.25) is 0 Å². The quantitative estimate of drug-likeness (QED) is 0.817. The lowest BCUT2D eigenvalue weighted by Gasteiger charge is -2.43. The van der Waals surface area contributed by atoms with Crippen LogP contribution in [0.2, 0.25) is 0 Å². The first-order valence-corrected chi connectivity index (χ1v) is 8.25. The van der Waals surface area contributed by atoms with E-state index < -0.39 is 0 Å². The lowest BCUT2D eigenvalue weighted by atomic mass is 9.63. The molecule has 1 atom stereocenters. The molecule has 0 spiro atoms. The second-order valence-electron chi connectivity index (χ2n) is 7.79. The Hall–Kier alpha value is -0.820. The zero-order valence-corrected chi connectivity index (χ0v) is 13.5. The number of rotatable bonds is 4. The molecule has 0 saturated heterocycles. The molecule has 1 aromatic rings. The first-order chi connectivity index (χ1) is 9.44. The smallest absolute Gasteiger partial charge is 0.0136 e. The predicted molar refractivity (Wildman–Crippen MR) is 87.9 cm³/mol. The average molecular weight is 273 g/mol. The molecular weight excluding hydrogens is 242 g/mol. The molecule has 1 fully saturated rings. The molecular formula is C19H31N. The molecule has 0 aromatic heterocycles. The van der Waals surface area contributed by atoms with E-state index in [1.807, 2.05) is 0 Å². The number of hydrogen-bond acceptors (Lipinski definition) is 1. The largest absolute Gasteiger partial charge is 0.327 e. The molecule has 2 rings (SSSR count). The summed E-state index contributed by atoms with van der Waals surface area (Å²) in [6.07, 6.45) is 8.92. The standard InChI is InChI=1S/C19H31N/c1-18(2,3)15-12-17(20)19(13-8-5-9-14-19)16-10-6-4-7-11-16/h4,6-7,10-11,17H,5,8-9,12-15,20H2,1-3H3. The highest BCUT2D eigenvalue weighted by molar-refractivity contribution is 5.28. The lowest BCUT2D eigenvalue weighted by molar-refractivity contribution is 0.215. The van der Waals surface area contributed by atoms with Gasteiger partial charge in [-0.05, 0) is 36.7 Å². The third-order valence-electron chi connectivity index (χ3n) is 5.01. The summed E-state index contributed by atoms with van der Waals surface area (Å²) in [5.74, 6) is 0. The Labute approximate surface area is 125 Å². The van der Waals surface area contributed by atoms with Crippen LogP contribution in [-0.4, -0.2) is 6.04 Å². The van der Waals surface area contributed by atoms with E-state index in [2.05, 4.69) is 51.1 Å². The second kappa shape index (κ2) is 6.30. The number of benzene rings is 1. The van der Waals surface area contributed by atoms with Crippen LogP contribution in [0.4, 0.5) is 0 Å². The summed E-state index contributed by atoms with van der Waals surface area (Å²) in [6.45, 7) is 6.95. The van der Waals surface area contributed by atoms with Crippen molar-refractivity contribution in [1.82, 2.24) is 0 Å². The van der Waals surface area contributed by atoms with Gasteiger partial charge in [-0.25, -0.2) is 0 Å². The van der Waals surface area contributed by atoms with Gasteiger partial charge in [-0.1, -0.05) is 70.4 Å². The highest BCUT2D eigenvalue weighted by Crippen LogP contribution is 2.43. The normalized spacial score (nSPS) is 20.6. The van der Waals surface area contributed by atoms with Crippen LogP contribution in [-0.2, 0) is 5.41 Å². The minimum Gasteiger partial charge on any atom is -0.327 e. The molecule has 0 amide bonds. The summed E-state index contributed by atoms with van der Waals surface area (Å²) in [7, 11) is 0. The van der Waals surface area contributed by atoms with E-state index >= 15 is 0 Å². The van der Waals surface area contributed by atoms with Crippen LogP contribution >= 0.6 is 0 Å². The summed E-state index contributed by atoms with van der Waals surface area (Å²) < 4.78 is 0. The van der Waals surface area contributed by atoms with Crippen LogP contribution in [0.3, 0.4) is 0 Å². The molecule has 1 aliphatic rings. The van der Waals surface area contributed by atoms with E-state index in [9.17, 15) is 0 Å². The van der Waals surface area contributed by atoms with Crippen LogP contribution < -0.4 is 5.73 Å². The Kier molecular flexibility index (Phi) is 4.90. The molecule has 0 bridgehead atoms. The molecule has 1 aromatic carbocycles. The van der Waals surface area contributed by atoms with Gasteiger partial charge in [0.05, 0.1) is 0 Å². The van der Waals surface area contributed by atoms with Crippen molar-refractivity contribution >= 4 is 0 Å². The molecule has 1 unspecified atom stereocenters. The fraction of sp³-hybridized carbons (Fsp3) is 0.684. The average Bonchev–Trinajstić information content (AvgIpc) is 2.45. The highest BCUT2D eigenvalue weighted by atomic mass is 14.7. The summed E-state index contributed by atoms with van der Waals surface area (Å²) in [6, 6.07) is 11.3. The number of hydrogen-bond donors (Lipinski definition) is 1. The topological polar surface area (TPSA) is 26.0 Å². The van der Waals surface area contributed by atoms with Crippen molar-refractivity contribution in [3.8, 4) is 0 Å². The van der Waals surface area contributed by atoms with Gasteiger partial charge in [-0.2, -0.15) is 0 Å². The third kappa shape index (κ3) is 3.63. The van der Waals surface area contributed by atoms with Crippen molar-refractivity contribution in [2.24, 2.45) is 11.1 Å². The predicted octanol–water partition coefficient (Wildman–Crippen LogP) is 5.04. The van der Waals surface area contributed by atoms with E-state index in [4.69, 9.17) is 5.73 Å².